The summed E-state index contributed by atoms with van der Waals surface area (Å²) in [5.74, 6) is -0.0892. The largest absolute Gasteiger partial charge is 0.352 e. The summed E-state index contributed by atoms with van der Waals surface area (Å²) < 4.78 is 2.07. The van der Waals surface area contributed by atoms with Gasteiger partial charge in [0.25, 0.3) is 5.91 Å². The fourth-order valence-corrected chi connectivity index (χ4v) is 3.45. The Balaban J connectivity index is 1.52. The Kier molecular flexibility index (Phi) is 5.78. The summed E-state index contributed by atoms with van der Waals surface area (Å²) in [5.41, 5.74) is 3.82. The third-order valence-corrected chi connectivity index (χ3v) is 5.14. The summed E-state index contributed by atoms with van der Waals surface area (Å²) in [6.07, 6.45) is 4.01. The van der Waals surface area contributed by atoms with E-state index in [0.717, 1.165) is 16.7 Å². The van der Waals surface area contributed by atoms with Crippen molar-refractivity contribution < 1.29 is 4.79 Å². The first-order valence-corrected chi connectivity index (χ1v) is 9.89. The molecule has 3 aromatic carbocycles. The molecule has 0 aliphatic carbocycles. The average molecular weight is 401 g/mol. The molecule has 0 spiro atoms. The van der Waals surface area contributed by atoms with Crippen LogP contribution in [0, 0.1) is 0 Å². The van der Waals surface area contributed by atoms with Crippen molar-refractivity contribution in [2.75, 3.05) is 0 Å². The van der Waals surface area contributed by atoms with Crippen LogP contribution < -0.4 is 5.32 Å². The maximum Gasteiger partial charge on any atom is 0.251 e. The van der Waals surface area contributed by atoms with Crippen LogP contribution in [0.1, 0.15) is 22.0 Å². The molecule has 1 atom stereocenters. The predicted molar refractivity (Wildman–Crippen MR) is 118 cm³/mol. The first-order chi connectivity index (χ1) is 14.2. The van der Waals surface area contributed by atoms with Crippen LogP contribution in [0.5, 0.6) is 0 Å². The Morgan fingerprint density at radius 2 is 1.38 bits per heavy atom. The minimum absolute atomic E-state index is 0.0892. The molecule has 3 nitrogen and oxygen atoms in total. The highest BCUT2D eigenvalue weighted by Crippen LogP contribution is 2.22. The molecule has 0 saturated carbocycles. The molecular formula is C25H21ClN2O. The summed E-state index contributed by atoms with van der Waals surface area (Å²) in [7, 11) is 0. The first kappa shape index (κ1) is 19.0. The highest BCUT2D eigenvalue weighted by atomic mass is 35.5. The predicted octanol–water partition coefficient (Wildman–Crippen LogP) is 5.98. The SMILES string of the molecule is O=C(NC(Cn1cccc1)c1ccccc1)c1ccc(-c2ccc(Cl)cc2)cc1. The molecule has 1 aromatic heterocycles. The van der Waals surface area contributed by atoms with Crippen molar-refractivity contribution in [1.82, 2.24) is 9.88 Å². The molecule has 0 radical (unpaired) electrons. The van der Waals surface area contributed by atoms with Gasteiger partial charge in [0.1, 0.15) is 0 Å². The summed E-state index contributed by atoms with van der Waals surface area (Å²) in [6, 6.07) is 29.2. The fourth-order valence-electron chi connectivity index (χ4n) is 3.32. The van der Waals surface area contributed by atoms with E-state index in [0.29, 0.717) is 17.1 Å². The van der Waals surface area contributed by atoms with Gasteiger partial charge in [-0.3, -0.25) is 4.79 Å². The number of carbonyl (C=O) groups is 1. The zero-order valence-corrected chi connectivity index (χ0v) is 16.6. The Hall–Kier alpha value is -3.30. The number of nitrogens with zero attached hydrogens (tertiary/aromatic N) is 1. The van der Waals surface area contributed by atoms with Crippen molar-refractivity contribution in [3.63, 3.8) is 0 Å². The van der Waals surface area contributed by atoms with Crippen molar-refractivity contribution in [1.29, 1.82) is 0 Å². The van der Waals surface area contributed by atoms with Crippen molar-refractivity contribution in [3.8, 4) is 11.1 Å². The van der Waals surface area contributed by atoms with Crippen LogP contribution >= 0.6 is 11.6 Å². The number of amides is 1. The highest BCUT2D eigenvalue weighted by Gasteiger charge is 2.16. The van der Waals surface area contributed by atoms with E-state index < -0.39 is 0 Å². The van der Waals surface area contributed by atoms with Gasteiger partial charge in [-0.25, -0.2) is 0 Å². The Morgan fingerprint density at radius 3 is 2.00 bits per heavy atom. The third kappa shape index (κ3) is 4.76. The highest BCUT2D eigenvalue weighted by molar-refractivity contribution is 6.30. The summed E-state index contributed by atoms with van der Waals surface area (Å²) >= 11 is 5.96. The molecule has 1 unspecified atom stereocenters. The lowest BCUT2D eigenvalue weighted by atomic mass is 10.0. The average Bonchev–Trinajstić information content (AvgIpc) is 3.28. The van der Waals surface area contributed by atoms with Crippen LogP contribution in [-0.2, 0) is 6.54 Å². The number of hydrogen-bond donors (Lipinski definition) is 1. The molecule has 0 aliphatic heterocycles. The van der Waals surface area contributed by atoms with Crippen LogP contribution in [-0.4, -0.2) is 10.5 Å². The lowest BCUT2D eigenvalue weighted by molar-refractivity contribution is 0.0932. The Bertz CT molecular complexity index is 1060. The van der Waals surface area contributed by atoms with Gasteiger partial charge in [-0.15, -0.1) is 0 Å². The molecule has 0 fully saturated rings. The molecule has 1 N–H and O–H groups in total. The van der Waals surface area contributed by atoms with Gasteiger partial charge in [0.2, 0.25) is 0 Å². The van der Waals surface area contributed by atoms with Gasteiger partial charge >= 0.3 is 0 Å². The second-order valence-electron chi connectivity index (χ2n) is 6.90. The summed E-state index contributed by atoms with van der Waals surface area (Å²) in [6.45, 7) is 0.672. The number of nitrogens with one attached hydrogen (secondary N) is 1. The maximum atomic E-state index is 12.9. The summed E-state index contributed by atoms with van der Waals surface area (Å²) in [5, 5.41) is 3.89. The van der Waals surface area contributed by atoms with Gasteiger partial charge in [0, 0.05) is 29.5 Å². The van der Waals surface area contributed by atoms with Crippen LogP contribution in [0.2, 0.25) is 5.02 Å². The molecule has 1 heterocycles. The smallest absolute Gasteiger partial charge is 0.251 e. The third-order valence-electron chi connectivity index (χ3n) is 4.89. The van der Waals surface area contributed by atoms with Crippen LogP contribution in [0.15, 0.2) is 103 Å². The second-order valence-corrected chi connectivity index (χ2v) is 7.34. The fraction of sp³-hybridized carbons (Fsp3) is 0.0800. The van der Waals surface area contributed by atoms with Crippen molar-refractivity contribution in [2.24, 2.45) is 0 Å². The maximum absolute atomic E-state index is 12.9. The van der Waals surface area contributed by atoms with E-state index in [-0.39, 0.29) is 11.9 Å². The number of rotatable bonds is 6. The normalized spacial score (nSPS) is 11.8. The van der Waals surface area contributed by atoms with Gasteiger partial charge in [0.05, 0.1) is 6.04 Å². The van der Waals surface area contributed by atoms with E-state index in [4.69, 9.17) is 11.6 Å². The second kappa shape index (κ2) is 8.80. The van der Waals surface area contributed by atoms with Gasteiger partial charge < -0.3 is 9.88 Å². The van der Waals surface area contributed by atoms with E-state index in [1.54, 1.807) is 0 Å². The monoisotopic (exact) mass is 400 g/mol. The van der Waals surface area contributed by atoms with Gasteiger partial charge in [0.15, 0.2) is 0 Å². The number of halogens is 1. The quantitative estimate of drug-likeness (QED) is 0.424. The molecule has 0 saturated heterocycles. The van der Waals surface area contributed by atoms with Gasteiger partial charge in [-0.1, -0.05) is 66.2 Å². The minimum Gasteiger partial charge on any atom is -0.352 e. The van der Waals surface area contributed by atoms with Crippen molar-refractivity contribution >= 4 is 17.5 Å². The molecule has 4 rings (SSSR count). The molecule has 4 aromatic rings. The lowest BCUT2D eigenvalue weighted by Gasteiger charge is -2.20. The van der Waals surface area contributed by atoms with E-state index >= 15 is 0 Å². The molecule has 0 bridgehead atoms. The van der Waals surface area contributed by atoms with E-state index in [1.807, 2.05) is 103 Å². The van der Waals surface area contributed by atoms with Crippen LogP contribution in [0.25, 0.3) is 11.1 Å². The van der Waals surface area contributed by atoms with E-state index in [1.165, 1.54) is 0 Å². The van der Waals surface area contributed by atoms with Gasteiger partial charge in [-0.05, 0) is 53.1 Å². The van der Waals surface area contributed by atoms with Gasteiger partial charge in [-0.2, -0.15) is 0 Å². The topological polar surface area (TPSA) is 34.0 Å². The molecule has 29 heavy (non-hydrogen) atoms. The van der Waals surface area contributed by atoms with Crippen molar-refractivity contribution in [2.45, 2.75) is 12.6 Å². The Labute approximate surface area is 175 Å². The molecule has 144 valence electrons. The number of aromatic nitrogens is 1. The molecule has 0 aliphatic rings. The van der Waals surface area contributed by atoms with Crippen LogP contribution in [0.3, 0.4) is 0 Å². The van der Waals surface area contributed by atoms with E-state index in [2.05, 4.69) is 9.88 Å². The zero-order chi connectivity index (χ0) is 20.1. The minimum atomic E-state index is -0.118. The Morgan fingerprint density at radius 1 is 0.793 bits per heavy atom. The summed E-state index contributed by atoms with van der Waals surface area (Å²) in [4.78, 5) is 12.9. The van der Waals surface area contributed by atoms with Crippen LogP contribution in [0.4, 0.5) is 0 Å². The standard InChI is InChI=1S/C25H21ClN2O/c26-23-14-12-20(13-15-23)19-8-10-22(11-9-19)25(29)27-24(18-28-16-4-5-17-28)21-6-2-1-3-7-21/h1-17,24H,18H2,(H,27,29). The number of carbonyl (C=O) groups excluding carboxylic acids is 1. The van der Waals surface area contributed by atoms with Crippen molar-refractivity contribution in [3.05, 3.63) is 120 Å². The molecular weight excluding hydrogens is 380 g/mol. The number of benzene rings is 3. The van der Waals surface area contributed by atoms with E-state index in [9.17, 15) is 4.79 Å². The lowest BCUT2D eigenvalue weighted by Crippen LogP contribution is -2.31. The molecule has 4 heteroatoms. The first-order valence-electron chi connectivity index (χ1n) is 9.51. The number of hydrogen-bond acceptors (Lipinski definition) is 1. The molecule has 1 amide bonds. The zero-order valence-electron chi connectivity index (χ0n) is 15.8.